The molecule has 1 aliphatic rings. The maximum atomic E-state index is 5.35. The van der Waals surface area contributed by atoms with Crippen LogP contribution >= 0.6 is 0 Å². The molecule has 1 aromatic carbocycles. The third kappa shape index (κ3) is 4.64. The summed E-state index contributed by atoms with van der Waals surface area (Å²) in [6.07, 6.45) is 0. The first-order valence-electron chi connectivity index (χ1n) is 5.05. The van der Waals surface area contributed by atoms with Gasteiger partial charge in [-0.15, -0.1) is 0 Å². The van der Waals surface area contributed by atoms with Gasteiger partial charge in [-0.05, 0) is 5.56 Å². The fraction of sp³-hybridized carbons (Fsp3) is 0.364. The smallest absolute Gasteiger partial charge is 0.0178 e. The molecule has 1 fully saturated rings. The van der Waals surface area contributed by atoms with Crippen LogP contribution in [0.3, 0.4) is 0 Å². The predicted molar refractivity (Wildman–Crippen MR) is 62.9 cm³/mol. The van der Waals surface area contributed by atoms with E-state index in [9.17, 15) is 0 Å². The molecule has 16 heavy (non-hydrogen) atoms. The van der Waals surface area contributed by atoms with E-state index in [0.717, 1.165) is 6.67 Å². The van der Waals surface area contributed by atoms with Gasteiger partial charge in [0.05, 0.1) is 0 Å². The Kier molecular flexibility index (Phi) is 6.02. The summed E-state index contributed by atoms with van der Waals surface area (Å²) in [5.74, 6) is 0. The molecule has 0 unspecified atom stereocenters. The van der Waals surface area contributed by atoms with Gasteiger partial charge in [-0.3, -0.25) is 0 Å². The van der Waals surface area contributed by atoms with Crippen molar-refractivity contribution in [2.75, 3.05) is 20.8 Å². The number of benzene rings is 1. The molecule has 0 aromatic heterocycles. The normalized spacial score (nSPS) is 17.2. The molecule has 3 N–H and O–H groups in total. The summed E-state index contributed by atoms with van der Waals surface area (Å²) in [7, 11) is 4.07. The van der Waals surface area contributed by atoms with E-state index in [0.29, 0.717) is 6.54 Å². The van der Waals surface area contributed by atoms with Crippen LogP contribution in [-0.4, -0.2) is 34.8 Å². The molecule has 0 spiro atoms. The number of nitrogens with one attached hydrogen (secondary N) is 1. The van der Waals surface area contributed by atoms with E-state index in [-0.39, 0.29) is 0 Å². The number of nitrogens with two attached hydrogens (primary N) is 1. The minimum absolute atomic E-state index is 0.640. The van der Waals surface area contributed by atoms with Crippen molar-refractivity contribution in [1.82, 2.24) is 15.3 Å². The zero-order chi connectivity index (χ0) is 12.0. The maximum absolute atomic E-state index is 5.35. The van der Waals surface area contributed by atoms with E-state index in [4.69, 9.17) is 5.73 Å². The van der Waals surface area contributed by atoms with Gasteiger partial charge in [-0.25, -0.2) is 0 Å². The van der Waals surface area contributed by atoms with Crippen LogP contribution in [0.5, 0.6) is 0 Å². The molecule has 5 heteroatoms. The van der Waals surface area contributed by atoms with Gasteiger partial charge in [-0.1, -0.05) is 30.3 Å². The topological polar surface area (TPSA) is 44.5 Å². The van der Waals surface area contributed by atoms with Crippen molar-refractivity contribution >= 4 is 4.15 Å². The molecule has 0 saturated carbocycles. The Morgan fingerprint density at radius 2 is 1.94 bits per heavy atom. The van der Waals surface area contributed by atoms with Gasteiger partial charge in [0.1, 0.15) is 0 Å². The molecule has 1 heterocycles. The van der Waals surface area contributed by atoms with Crippen molar-refractivity contribution in [2.45, 2.75) is 6.54 Å². The summed E-state index contributed by atoms with van der Waals surface area (Å²) in [4.78, 5) is 2.14. The van der Waals surface area contributed by atoms with Crippen LogP contribution < -0.4 is 11.2 Å². The minimum Gasteiger partial charge on any atom is -0.326 e. The molecule has 92 valence electrons. The molecule has 0 amide bonds. The van der Waals surface area contributed by atoms with E-state index in [1.165, 1.54) is 9.71 Å². The van der Waals surface area contributed by atoms with Gasteiger partial charge < -0.3 is 5.73 Å². The van der Waals surface area contributed by atoms with Gasteiger partial charge in [0.2, 0.25) is 0 Å². The van der Waals surface area contributed by atoms with Gasteiger partial charge in [0.15, 0.2) is 0 Å². The summed E-state index contributed by atoms with van der Waals surface area (Å²) >= 11 is 2.25. The van der Waals surface area contributed by atoms with E-state index in [1.807, 2.05) is 42.4 Å². The average Bonchev–Trinajstić information content (AvgIpc) is 2.58. The largest absolute Gasteiger partial charge is 0.326 e. The van der Waals surface area contributed by atoms with Gasteiger partial charge >= 0.3 is 59.6 Å². The second kappa shape index (κ2) is 7.04. The second-order valence-electron chi connectivity index (χ2n) is 3.60. The predicted octanol–water partition coefficient (Wildman–Crippen LogP) is 0.105. The molecular formula is C11H18N4Pt. The molecular weight excluding hydrogens is 383 g/mol. The third-order valence-electron chi connectivity index (χ3n) is 2.09. The van der Waals surface area contributed by atoms with Crippen LogP contribution in [0.4, 0.5) is 0 Å². The van der Waals surface area contributed by atoms with Gasteiger partial charge in [0, 0.05) is 6.54 Å². The first kappa shape index (κ1) is 13.7. The summed E-state index contributed by atoms with van der Waals surface area (Å²) in [5, 5.41) is 2.03. The molecule has 0 radical (unpaired) electrons. The monoisotopic (exact) mass is 401 g/mol. The van der Waals surface area contributed by atoms with Gasteiger partial charge in [-0.2, -0.15) is 0 Å². The zero-order valence-electron chi connectivity index (χ0n) is 9.59. The Bertz CT molecular complexity index is 328. The zero-order valence-corrected chi connectivity index (χ0v) is 11.9. The van der Waals surface area contributed by atoms with E-state index in [1.54, 1.807) is 0 Å². The van der Waals surface area contributed by atoms with Crippen LogP contribution in [0.2, 0.25) is 0 Å². The Balaban J connectivity index is 0.000000160. The van der Waals surface area contributed by atoms with Crippen LogP contribution in [-0.2, 0) is 25.9 Å². The molecule has 0 atom stereocenters. The van der Waals surface area contributed by atoms with Crippen LogP contribution in [0.25, 0.3) is 0 Å². The number of rotatable bonds is 1. The first-order chi connectivity index (χ1) is 7.63. The molecule has 1 aromatic rings. The molecule has 1 saturated heterocycles. The van der Waals surface area contributed by atoms with Crippen LogP contribution in [0, 0.1) is 0 Å². The standard InChI is InChI=1S/C7H9N.C4H9N3.Pt/c8-6-7-4-2-1-3-5-7;1-6-3-5-7(2)4-6;/h1-5H,6,8H2;5H,4H2,1-2H3;. The third-order valence-corrected chi connectivity index (χ3v) is 3.21. The van der Waals surface area contributed by atoms with Crippen molar-refractivity contribution in [3.63, 3.8) is 0 Å². The number of hydrogen-bond donors (Lipinski definition) is 2. The summed E-state index contributed by atoms with van der Waals surface area (Å²) in [6, 6.07) is 9.99. The summed E-state index contributed by atoms with van der Waals surface area (Å²) in [5.41, 5.74) is 9.67. The Hall–Kier alpha value is -0.382. The quantitative estimate of drug-likeness (QED) is 0.701. The van der Waals surface area contributed by atoms with Crippen LogP contribution in [0.1, 0.15) is 5.56 Å². The Morgan fingerprint density at radius 3 is 2.19 bits per heavy atom. The van der Waals surface area contributed by atoms with Crippen molar-refractivity contribution in [3.8, 4) is 0 Å². The fourth-order valence-electron chi connectivity index (χ4n) is 1.26. The van der Waals surface area contributed by atoms with E-state index in [2.05, 4.69) is 36.7 Å². The van der Waals surface area contributed by atoms with E-state index >= 15 is 0 Å². The molecule has 0 aliphatic carbocycles. The number of hydrogen-bond acceptors (Lipinski definition) is 4. The Morgan fingerprint density at radius 1 is 1.31 bits per heavy atom. The van der Waals surface area contributed by atoms with Crippen molar-refractivity contribution in [2.24, 2.45) is 5.73 Å². The second-order valence-corrected chi connectivity index (χ2v) is 4.68. The maximum Gasteiger partial charge on any atom is 0.0178 e. The molecule has 4 nitrogen and oxygen atoms in total. The summed E-state index contributed by atoms with van der Waals surface area (Å²) < 4.78 is 1.19. The Labute approximate surface area is 108 Å². The minimum atomic E-state index is 0.640. The first-order valence-corrected chi connectivity index (χ1v) is 6.19. The van der Waals surface area contributed by atoms with Crippen molar-refractivity contribution < 1.29 is 19.4 Å². The number of nitrogens with zero attached hydrogens (tertiary/aromatic N) is 2. The van der Waals surface area contributed by atoms with Gasteiger partial charge in [0.25, 0.3) is 0 Å². The van der Waals surface area contributed by atoms with Crippen molar-refractivity contribution in [1.29, 1.82) is 0 Å². The average molecular weight is 401 g/mol. The van der Waals surface area contributed by atoms with Crippen molar-refractivity contribution in [3.05, 3.63) is 35.9 Å². The van der Waals surface area contributed by atoms with E-state index < -0.39 is 0 Å². The molecule has 2 rings (SSSR count). The molecule has 0 bridgehead atoms. The SMILES string of the molecule is CN1CN(C)[C](=[Pt])N1.NCc1ccccc1. The summed E-state index contributed by atoms with van der Waals surface area (Å²) in [6.45, 7) is 1.61. The molecule has 1 aliphatic heterocycles. The number of hydrazine groups is 1. The van der Waals surface area contributed by atoms with Crippen LogP contribution in [0.15, 0.2) is 30.3 Å². The fourth-order valence-corrected chi connectivity index (χ4v) is 1.85.